The van der Waals surface area contributed by atoms with Crippen LogP contribution in [0.2, 0.25) is 0 Å². The predicted molar refractivity (Wildman–Crippen MR) is 61.3 cm³/mol. The molecule has 0 fully saturated rings. The van der Waals surface area contributed by atoms with Crippen molar-refractivity contribution in [2.45, 2.75) is 26.1 Å². The van der Waals surface area contributed by atoms with Crippen LogP contribution in [0, 0.1) is 12.3 Å². The zero-order valence-corrected chi connectivity index (χ0v) is 9.75. The molecule has 8 nitrogen and oxygen atoms in total. The molecular weight excluding hydrogens is 238 g/mol. The molecule has 0 aliphatic heterocycles. The van der Waals surface area contributed by atoms with E-state index in [0.717, 1.165) is 0 Å². The van der Waals surface area contributed by atoms with E-state index < -0.39 is 12.0 Å². The van der Waals surface area contributed by atoms with Crippen molar-refractivity contribution in [3.63, 3.8) is 0 Å². The number of nitrogens with one attached hydrogen (secondary N) is 2. The van der Waals surface area contributed by atoms with Crippen molar-refractivity contribution < 1.29 is 14.7 Å². The topological polar surface area (TPSA) is 109 Å². The third-order valence-electron chi connectivity index (χ3n) is 1.91. The number of rotatable bonds is 5. The maximum absolute atomic E-state index is 11.3. The second kappa shape index (κ2) is 6.24. The second-order valence-electron chi connectivity index (χ2n) is 3.52. The van der Waals surface area contributed by atoms with E-state index in [1.807, 2.05) is 0 Å². The van der Waals surface area contributed by atoms with E-state index in [-0.39, 0.29) is 19.1 Å². The van der Waals surface area contributed by atoms with Crippen LogP contribution < -0.4 is 10.6 Å². The van der Waals surface area contributed by atoms with Gasteiger partial charge in [0.25, 0.3) is 0 Å². The number of terminal acetylenes is 1. The van der Waals surface area contributed by atoms with Gasteiger partial charge in [0, 0.05) is 0 Å². The first-order valence-corrected chi connectivity index (χ1v) is 5.12. The Morgan fingerprint density at radius 3 is 3.00 bits per heavy atom. The van der Waals surface area contributed by atoms with Crippen molar-refractivity contribution in [3.8, 4) is 12.3 Å². The Hall–Kier alpha value is -2.56. The van der Waals surface area contributed by atoms with Gasteiger partial charge >= 0.3 is 12.0 Å². The van der Waals surface area contributed by atoms with Gasteiger partial charge in [-0.1, -0.05) is 11.1 Å². The van der Waals surface area contributed by atoms with Crippen LogP contribution in [0.1, 0.15) is 12.6 Å². The van der Waals surface area contributed by atoms with Crippen LogP contribution >= 0.6 is 0 Å². The number of aliphatic carboxylic acids is 1. The lowest BCUT2D eigenvalue weighted by Gasteiger charge is -2.07. The minimum atomic E-state index is -1.01. The first-order chi connectivity index (χ1) is 8.51. The number of carbonyl (C=O) groups is 2. The molecule has 0 aliphatic rings. The molecule has 1 atom stereocenters. The predicted octanol–water partition coefficient (Wildman–Crippen LogP) is -0.816. The summed E-state index contributed by atoms with van der Waals surface area (Å²) in [7, 11) is 0. The molecule has 1 aromatic rings. The molecule has 96 valence electrons. The summed E-state index contributed by atoms with van der Waals surface area (Å²) in [6, 6.07) is -0.791. The average Bonchev–Trinajstić information content (AvgIpc) is 2.73. The number of carbonyl (C=O) groups excluding carboxylic acids is 1. The molecule has 1 heterocycles. The first-order valence-electron chi connectivity index (χ1n) is 5.12. The Morgan fingerprint density at radius 2 is 2.39 bits per heavy atom. The molecule has 0 saturated carbocycles. The van der Waals surface area contributed by atoms with E-state index in [1.165, 1.54) is 10.9 Å². The lowest BCUT2D eigenvalue weighted by atomic mass is 10.4. The summed E-state index contributed by atoms with van der Waals surface area (Å²) in [6.45, 7) is 1.54. The van der Waals surface area contributed by atoms with Gasteiger partial charge in [0.1, 0.15) is 12.2 Å². The van der Waals surface area contributed by atoms with Gasteiger partial charge in [0.2, 0.25) is 0 Å². The van der Waals surface area contributed by atoms with Gasteiger partial charge in [0.05, 0.1) is 18.8 Å². The van der Waals surface area contributed by atoms with E-state index in [0.29, 0.717) is 5.69 Å². The number of carboxylic acids is 1. The number of hydrogen-bond donors (Lipinski definition) is 3. The Balaban J connectivity index is 2.40. The highest BCUT2D eigenvalue weighted by Gasteiger charge is 2.07. The number of hydrogen-bond acceptors (Lipinski definition) is 4. The zero-order chi connectivity index (χ0) is 13.5. The van der Waals surface area contributed by atoms with Crippen molar-refractivity contribution in [1.82, 2.24) is 25.6 Å². The van der Waals surface area contributed by atoms with Crippen LogP contribution in [0.15, 0.2) is 6.20 Å². The van der Waals surface area contributed by atoms with Crippen LogP contribution in [-0.2, 0) is 17.9 Å². The van der Waals surface area contributed by atoms with Gasteiger partial charge in [-0.3, -0.25) is 4.79 Å². The second-order valence-corrected chi connectivity index (χ2v) is 3.52. The first kappa shape index (κ1) is 13.5. The molecule has 18 heavy (non-hydrogen) atoms. The number of urea groups is 1. The van der Waals surface area contributed by atoms with Gasteiger partial charge in [0.15, 0.2) is 0 Å². The Kier molecular flexibility index (Phi) is 4.68. The monoisotopic (exact) mass is 251 g/mol. The fourth-order valence-electron chi connectivity index (χ4n) is 1.10. The van der Waals surface area contributed by atoms with Crippen molar-refractivity contribution in [3.05, 3.63) is 11.9 Å². The summed E-state index contributed by atoms with van der Waals surface area (Å²) >= 11 is 0. The molecule has 2 amide bonds. The third-order valence-corrected chi connectivity index (χ3v) is 1.91. The number of nitrogens with zero attached hydrogens (tertiary/aromatic N) is 3. The summed E-state index contributed by atoms with van der Waals surface area (Å²) in [4.78, 5) is 21.7. The van der Waals surface area contributed by atoms with Crippen LogP contribution in [0.3, 0.4) is 0 Å². The molecule has 0 aliphatic carbocycles. The fraction of sp³-hybridized carbons (Fsp3) is 0.400. The van der Waals surface area contributed by atoms with Gasteiger partial charge in [-0.2, -0.15) is 0 Å². The van der Waals surface area contributed by atoms with Crippen molar-refractivity contribution in [1.29, 1.82) is 0 Å². The molecule has 1 rings (SSSR count). The molecular formula is C10H13N5O3. The van der Waals surface area contributed by atoms with Crippen molar-refractivity contribution in [2.75, 3.05) is 0 Å². The SMILES string of the molecule is C#CC(C)NC(=O)NCc1cn(CC(=O)O)nn1. The van der Waals surface area contributed by atoms with Gasteiger partial charge in [-0.15, -0.1) is 11.5 Å². The van der Waals surface area contributed by atoms with E-state index in [2.05, 4.69) is 26.9 Å². The lowest BCUT2D eigenvalue weighted by molar-refractivity contribution is -0.137. The molecule has 1 aromatic heterocycles. The maximum Gasteiger partial charge on any atom is 0.325 e. The Bertz CT molecular complexity index is 476. The minimum absolute atomic E-state index is 0.142. The van der Waals surface area contributed by atoms with Gasteiger partial charge < -0.3 is 15.7 Å². The standard InChI is InChI=1S/C10H13N5O3/c1-3-7(2)12-10(18)11-4-8-5-15(14-13-8)6-9(16)17/h1,5,7H,4,6H2,2H3,(H,16,17)(H2,11,12,18). The Labute approximate surface area is 103 Å². The largest absolute Gasteiger partial charge is 0.480 e. The van der Waals surface area contributed by atoms with Gasteiger partial charge in [-0.05, 0) is 6.92 Å². The normalized spacial score (nSPS) is 11.3. The maximum atomic E-state index is 11.3. The fourth-order valence-corrected chi connectivity index (χ4v) is 1.10. The Morgan fingerprint density at radius 1 is 1.67 bits per heavy atom. The molecule has 1 unspecified atom stereocenters. The van der Waals surface area contributed by atoms with Crippen molar-refractivity contribution in [2.24, 2.45) is 0 Å². The van der Waals surface area contributed by atoms with E-state index in [9.17, 15) is 9.59 Å². The lowest BCUT2D eigenvalue weighted by Crippen LogP contribution is -2.39. The van der Waals surface area contributed by atoms with E-state index in [4.69, 9.17) is 11.5 Å². The molecule has 8 heteroatoms. The summed E-state index contributed by atoms with van der Waals surface area (Å²) in [5.41, 5.74) is 0.458. The zero-order valence-electron chi connectivity index (χ0n) is 9.75. The van der Waals surface area contributed by atoms with Crippen LogP contribution in [0.5, 0.6) is 0 Å². The van der Waals surface area contributed by atoms with Crippen LogP contribution in [0.4, 0.5) is 4.79 Å². The number of aromatic nitrogens is 3. The third kappa shape index (κ3) is 4.52. The van der Waals surface area contributed by atoms with E-state index >= 15 is 0 Å². The molecule has 0 aromatic carbocycles. The smallest absolute Gasteiger partial charge is 0.325 e. The molecule has 0 spiro atoms. The highest BCUT2D eigenvalue weighted by atomic mass is 16.4. The molecule has 0 saturated heterocycles. The summed E-state index contributed by atoms with van der Waals surface area (Å²) in [5.74, 6) is 1.34. The summed E-state index contributed by atoms with van der Waals surface area (Å²) in [6.07, 6.45) is 6.55. The van der Waals surface area contributed by atoms with Gasteiger partial charge in [-0.25, -0.2) is 9.48 Å². The molecule has 0 radical (unpaired) electrons. The highest BCUT2D eigenvalue weighted by molar-refractivity contribution is 5.74. The van der Waals surface area contributed by atoms with E-state index in [1.54, 1.807) is 6.92 Å². The summed E-state index contributed by atoms with van der Waals surface area (Å²) < 4.78 is 1.17. The quantitative estimate of drug-likeness (QED) is 0.592. The van der Waals surface area contributed by atoms with Crippen LogP contribution in [-0.4, -0.2) is 38.1 Å². The molecule has 3 N–H and O–H groups in total. The summed E-state index contributed by atoms with van der Waals surface area (Å²) in [5, 5.41) is 20.9. The average molecular weight is 251 g/mol. The number of amides is 2. The minimum Gasteiger partial charge on any atom is -0.480 e. The number of carboxylic acid groups (broad SMARTS) is 1. The highest BCUT2D eigenvalue weighted by Crippen LogP contribution is 1.92. The van der Waals surface area contributed by atoms with Crippen LogP contribution in [0.25, 0.3) is 0 Å². The van der Waals surface area contributed by atoms with Crippen molar-refractivity contribution >= 4 is 12.0 Å². The molecule has 0 bridgehead atoms.